The number of fused-ring (bicyclic) bond motifs is 2. The van der Waals surface area contributed by atoms with Gasteiger partial charge >= 0.3 is 0 Å². The van der Waals surface area contributed by atoms with Crippen molar-refractivity contribution in [1.82, 2.24) is 0 Å². The van der Waals surface area contributed by atoms with Gasteiger partial charge in [0.2, 0.25) is 5.91 Å². The van der Waals surface area contributed by atoms with E-state index in [1.54, 1.807) is 0 Å². The summed E-state index contributed by atoms with van der Waals surface area (Å²) >= 11 is 0. The Kier molecular flexibility index (Phi) is 3.82. The smallest absolute Gasteiger partial charge is 0.225 e. The zero-order chi connectivity index (χ0) is 18.2. The molecule has 0 saturated heterocycles. The summed E-state index contributed by atoms with van der Waals surface area (Å²) in [4.78, 5) is 12.3. The Bertz CT molecular complexity index is 996. The lowest BCUT2D eigenvalue weighted by molar-refractivity contribution is -0.116. The molecule has 27 heavy (non-hydrogen) atoms. The summed E-state index contributed by atoms with van der Waals surface area (Å²) in [5, 5.41) is 2.97. The van der Waals surface area contributed by atoms with Crippen molar-refractivity contribution in [3.05, 3.63) is 77.9 Å². The summed E-state index contributed by atoms with van der Waals surface area (Å²) in [6, 6.07) is 22.7. The van der Waals surface area contributed by atoms with Crippen molar-refractivity contribution in [3.63, 3.8) is 0 Å². The first-order valence-corrected chi connectivity index (χ1v) is 9.17. The molecule has 2 aliphatic rings. The van der Waals surface area contributed by atoms with E-state index in [1.165, 1.54) is 11.1 Å². The maximum Gasteiger partial charge on any atom is 0.225 e. The van der Waals surface area contributed by atoms with E-state index in [4.69, 9.17) is 9.47 Å². The van der Waals surface area contributed by atoms with Crippen LogP contribution in [0, 0.1) is 0 Å². The third kappa shape index (κ3) is 2.93. The number of benzene rings is 3. The van der Waals surface area contributed by atoms with Crippen LogP contribution in [0.1, 0.15) is 23.5 Å². The summed E-state index contributed by atoms with van der Waals surface area (Å²) in [5.74, 6) is 1.48. The van der Waals surface area contributed by atoms with Gasteiger partial charge in [0.25, 0.3) is 0 Å². The van der Waals surface area contributed by atoms with Gasteiger partial charge in [0.05, 0.1) is 0 Å². The molecule has 0 aromatic heterocycles. The van der Waals surface area contributed by atoms with Gasteiger partial charge < -0.3 is 14.8 Å². The molecule has 0 spiro atoms. The van der Waals surface area contributed by atoms with Gasteiger partial charge in [0.1, 0.15) is 13.2 Å². The number of ether oxygens (including phenoxy) is 2. The van der Waals surface area contributed by atoms with E-state index in [-0.39, 0.29) is 11.8 Å². The average molecular weight is 357 g/mol. The highest BCUT2D eigenvalue weighted by atomic mass is 16.6. The van der Waals surface area contributed by atoms with Gasteiger partial charge in [-0.25, -0.2) is 0 Å². The fourth-order valence-electron chi connectivity index (χ4n) is 3.83. The Morgan fingerprint density at radius 2 is 1.48 bits per heavy atom. The van der Waals surface area contributed by atoms with Crippen LogP contribution in [-0.2, 0) is 4.79 Å². The molecule has 0 bridgehead atoms. The number of anilines is 1. The molecule has 1 unspecified atom stereocenters. The molecule has 3 aromatic carbocycles. The summed E-state index contributed by atoms with van der Waals surface area (Å²) in [5.41, 5.74) is 5.37. The normalized spacial score (nSPS) is 17.8. The lowest BCUT2D eigenvalue weighted by Gasteiger charge is -2.29. The molecular weight excluding hydrogens is 338 g/mol. The van der Waals surface area contributed by atoms with Crippen LogP contribution in [0.5, 0.6) is 11.5 Å². The quantitative estimate of drug-likeness (QED) is 0.729. The molecule has 3 aromatic rings. The Morgan fingerprint density at radius 1 is 0.815 bits per heavy atom. The first-order chi connectivity index (χ1) is 13.3. The van der Waals surface area contributed by atoms with Crippen molar-refractivity contribution in [2.24, 2.45) is 0 Å². The fraction of sp³-hybridized carbons (Fsp3) is 0.174. The summed E-state index contributed by atoms with van der Waals surface area (Å²) in [6.45, 7) is 1.08. The first-order valence-electron chi connectivity index (χ1n) is 9.17. The minimum Gasteiger partial charge on any atom is -0.486 e. The van der Waals surface area contributed by atoms with Crippen molar-refractivity contribution in [2.75, 3.05) is 18.5 Å². The summed E-state index contributed by atoms with van der Waals surface area (Å²) < 4.78 is 11.4. The third-order valence-electron chi connectivity index (χ3n) is 5.17. The van der Waals surface area contributed by atoms with Crippen LogP contribution in [-0.4, -0.2) is 19.1 Å². The van der Waals surface area contributed by atoms with Crippen LogP contribution in [0.2, 0.25) is 0 Å². The van der Waals surface area contributed by atoms with E-state index in [1.807, 2.05) is 30.3 Å². The van der Waals surface area contributed by atoms with E-state index in [2.05, 4.69) is 41.7 Å². The molecule has 1 atom stereocenters. The minimum atomic E-state index is 0.00870. The lowest BCUT2D eigenvalue weighted by atomic mass is 9.84. The number of nitrogens with one attached hydrogen (secondary N) is 1. The molecule has 0 saturated carbocycles. The van der Waals surface area contributed by atoms with Gasteiger partial charge in [-0.05, 0) is 28.3 Å². The van der Waals surface area contributed by atoms with Crippen LogP contribution in [0.15, 0.2) is 66.7 Å². The van der Waals surface area contributed by atoms with Crippen LogP contribution < -0.4 is 14.8 Å². The number of carbonyl (C=O) groups is 1. The van der Waals surface area contributed by atoms with Crippen molar-refractivity contribution < 1.29 is 14.3 Å². The van der Waals surface area contributed by atoms with Gasteiger partial charge in [-0.3, -0.25) is 4.79 Å². The summed E-state index contributed by atoms with van der Waals surface area (Å²) in [7, 11) is 0. The molecule has 2 heterocycles. The highest BCUT2D eigenvalue weighted by Crippen LogP contribution is 2.44. The lowest BCUT2D eigenvalue weighted by Crippen LogP contribution is -2.24. The van der Waals surface area contributed by atoms with Gasteiger partial charge in [-0.2, -0.15) is 0 Å². The second-order valence-corrected chi connectivity index (χ2v) is 6.88. The van der Waals surface area contributed by atoms with E-state index >= 15 is 0 Å². The zero-order valence-corrected chi connectivity index (χ0v) is 14.8. The van der Waals surface area contributed by atoms with Gasteiger partial charge in [-0.1, -0.05) is 54.6 Å². The van der Waals surface area contributed by atoms with Crippen LogP contribution in [0.25, 0.3) is 11.1 Å². The molecule has 0 aliphatic carbocycles. The van der Waals surface area contributed by atoms with Crippen molar-refractivity contribution in [2.45, 2.75) is 12.3 Å². The number of rotatable bonds is 2. The second-order valence-electron chi connectivity index (χ2n) is 6.88. The Morgan fingerprint density at radius 3 is 2.22 bits per heavy atom. The molecule has 0 radical (unpaired) electrons. The largest absolute Gasteiger partial charge is 0.486 e. The number of amides is 1. The highest BCUT2D eigenvalue weighted by molar-refractivity contribution is 5.96. The predicted octanol–water partition coefficient (Wildman–Crippen LogP) is 4.60. The molecule has 4 heteroatoms. The van der Waals surface area contributed by atoms with Crippen LogP contribution in [0.3, 0.4) is 0 Å². The van der Waals surface area contributed by atoms with Gasteiger partial charge in [0, 0.05) is 24.1 Å². The van der Waals surface area contributed by atoms with E-state index in [0.717, 1.165) is 22.6 Å². The SMILES string of the molecule is O=C1CC(c2ccc(-c3ccccc3)cc2)c2cc3c(cc2N1)OCCO3. The van der Waals surface area contributed by atoms with Crippen molar-refractivity contribution >= 4 is 11.6 Å². The number of hydrogen-bond donors (Lipinski definition) is 1. The molecule has 134 valence electrons. The average Bonchev–Trinajstić information content (AvgIpc) is 2.72. The number of carbonyl (C=O) groups excluding carboxylic acids is 1. The standard InChI is InChI=1S/C23H19NO3/c25-23-13-18(17-8-6-16(7-9-17)15-4-2-1-3-5-15)19-12-21-22(14-20(19)24-23)27-11-10-26-21/h1-9,12,14,18H,10-11,13H2,(H,24,25). The first kappa shape index (κ1) is 15.9. The molecule has 1 N–H and O–H groups in total. The van der Waals surface area contributed by atoms with Crippen molar-refractivity contribution in [1.29, 1.82) is 0 Å². The topological polar surface area (TPSA) is 47.6 Å². The maximum absolute atomic E-state index is 12.3. The zero-order valence-electron chi connectivity index (χ0n) is 14.8. The molecule has 0 fully saturated rings. The molecular formula is C23H19NO3. The fourth-order valence-corrected chi connectivity index (χ4v) is 3.83. The Hall–Kier alpha value is -3.27. The Balaban J connectivity index is 1.53. The van der Waals surface area contributed by atoms with Gasteiger partial charge in [-0.15, -0.1) is 0 Å². The Labute approximate surface area is 157 Å². The second kappa shape index (κ2) is 6.47. The van der Waals surface area contributed by atoms with Gasteiger partial charge in [0.15, 0.2) is 11.5 Å². The van der Waals surface area contributed by atoms with Crippen LogP contribution >= 0.6 is 0 Å². The summed E-state index contributed by atoms with van der Waals surface area (Å²) in [6.07, 6.45) is 0.428. The molecule has 2 aliphatic heterocycles. The van der Waals surface area contributed by atoms with Crippen LogP contribution in [0.4, 0.5) is 5.69 Å². The van der Waals surface area contributed by atoms with E-state index < -0.39 is 0 Å². The third-order valence-corrected chi connectivity index (χ3v) is 5.17. The molecule has 5 rings (SSSR count). The number of hydrogen-bond acceptors (Lipinski definition) is 3. The van der Waals surface area contributed by atoms with E-state index in [9.17, 15) is 4.79 Å². The minimum absolute atomic E-state index is 0.00870. The molecule has 4 nitrogen and oxygen atoms in total. The highest BCUT2D eigenvalue weighted by Gasteiger charge is 2.29. The molecule has 1 amide bonds. The van der Waals surface area contributed by atoms with Crippen molar-refractivity contribution in [3.8, 4) is 22.6 Å². The monoisotopic (exact) mass is 357 g/mol. The van der Waals surface area contributed by atoms with E-state index in [0.29, 0.717) is 25.4 Å². The predicted molar refractivity (Wildman–Crippen MR) is 104 cm³/mol. The maximum atomic E-state index is 12.3.